The number of nitrogens with zero attached hydrogens (tertiary/aromatic N) is 1. The van der Waals surface area contributed by atoms with Crippen molar-refractivity contribution in [2.24, 2.45) is 5.10 Å². The Bertz CT molecular complexity index is 664. The fourth-order valence-electron chi connectivity index (χ4n) is 2.21. The van der Waals surface area contributed by atoms with Crippen LogP contribution in [-0.2, 0) is 4.74 Å². The van der Waals surface area contributed by atoms with Crippen LogP contribution in [-0.4, -0.2) is 37.5 Å². The molecule has 3 N–H and O–H groups in total. The summed E-state index contributed by atoms with van der Waals surface area (Å²) < 4.78 is 5.21. The highest BCUT2D eigenvalue weighted by Gasteiger charge is 2.15. The summed E-state index contributed by atoms with van der Waals surface area (Å²) in [6, 6.07) is 8.33. The molecule has 1 aromatic carbocycles. The van der Waals surface area contributed by atoms with Crippen molar-refractivity contribution in [3.05, 3.63) is 35.2 Å². The molecule has 1 rings (SSSR count). The molecule has 0 spiro atoms. The summed E-state index contributed by atoms with van der Waals surface area (Å²) >= 11 is 1.71. The molecule has 7 heteroatoms. The first kappa shape index (κ1) is 23.9. The van der Waals surface area contributed by atoms with Gasteiger partial charge in [-0.05, 0) is 57.9 Å². The number of rotatable bonds is 10. The van der Waals surface area contributed by atoms with Gasteiger partial charge in [0.15, 0.2) is 0 Å². The standard InChI is InChI=1S/C21H34N4O2S/c1-7-9-19(28-17-12-10-16(22-6)11-13-17)18(8-2)25-24-15-14-23-20(26)27-21(3,4)5/h9-13,22,24H,7-8,14-15H2,1-6H3,(H,23,26)/b19-9-,25-18-. The fraction of sp³-hybridized carbons (Fsp3) is 0.524. The number of alkyl carbamates (subject to hydrolysis) is 1. The smallest absolute Gasteiger partial charge is 0.407 e. The number of ether oxygens (including phenoxy) is 1. The first-order chi connectivity index (χ1) is 13.3. The maximum Gasteiger partial charge on any atom is 0.407 e. The van der Waals surface area contributed by atoms with Crippen LogP contribution in [0, 0.1) is 0 Å². The second kappa shape index (κ2) is 12.3. The molecule has 0 saturated carbocycles. The average molecular weight is 407 g/mol. The molecule has 1 aromatic rings. The molecule has 0 aliphatic rings. The summed E-state index contributed by atoms with van der Waals surface area (Å²) in [6.45, 7) is 10.7. The molecule has 28 heavy (non-hydrogen) atoms. The van der Waals surface area contributed by atoms with E-state index >= 15 is 0 Å². The van der Waals surface area contributed by atoms with Gasteiger partial charge in [0, 0.05) is 29.1 Å². The SMILES string of the molecule is CC/C=C(Sc1ccc(NC)cc1)/C(CC)=N\NCCNC(=O)OC(C)(C)C. The molecular formula is C21H34N4O2S. The summed E-state index contributed by atoms with van der Waals surface area (Å²) in [7, 11) is 1.91. The molecule has 6 nitrogen and oxygen atoms in total. The zero-order chi connectivity index (χ0) is 21.0. The number of carbonyl (C=O) groups excluding carboxylic acids is 1. The number of hydrogen-bond acceptors (Lipinski definition) is 6. The van der Waals surface area contributed by atoms with Gasteiger partial charge in [-0.2, -0.15) is 5.10 Å². The Balaban J connectivity index is 2.60. The number of anilines is 1. The van der Waals surface area contributed by atoms with Crippen LogP contribution in [0.1, 0.15) is 47.5 Å². The van der Waals surface area contributed by atoms with Gasteiger partial charge in [0.1, 0.15) is 5.60 Å². The monoisotopic (exact) mass is 406 g/mol. The molecule has 0 saturated heterocycles. The Kier molecular flexibility index (Phi) is 10.5. The van der Waals surface area contributed by atoms with Crippen LogP contribution < -0.4 is 16.1 Å². The molecule has 156 valence electrons. The van der Waals surface area contributed by atoms with E-state index in [4.69, 9.17) is 4.74 Å². The van der Waals surface area contributed by atoms with Crippen molar-refractivity contribution in [1.29, 1.82) is 0 Å². The van der Waals surface area contributed by atoms with E-state index < -0.39 is 11.7 Å². The van der Waals surface area contributed by atoms with E-state index in [1.165, 1.54) is 4.90 Å². The highest BCUT2D eigenvalue weighted by atomic mass is 32.2. The van der Waals surface area contributed by atoms with E-state index in [9.17, 15) is 4.79 Å². The Morgan fingerprint density at radius 1 is 1.18 bits per heavy atom. The van der Waals surface area contributed by atoms with Crippen molar-refractivity contribution < 1.29 is 9.53 Å². The molecule has 0 radical (unpaired) electrons. The minimum absolute atomic E-state index is 0.416. The van der Waals surface area contributed by atoms with Gasteiger partial charge < -0.3 is 20.8 Å². The lowest BCUT2D eigenvalue weighted by molar-refractivity contribution is 0.0528. The Hall–Kier alpha value is -2.15. The molecule has 0 fully saturated rings. The van der Waals surface area contributed by atoms with Crippen molar-refractivity contribution in [1.82, 2.24) is 10.7 Å². The molecule has 0 unspecified atom stereocenters. The van der Waals surface area contributed by atoms with Crippen LogP contribution >= 0.6 is 11.8 Å². The van der Waals surface area contributed by atoms with Crippen molar-refractivity contribution in [3.63, 3.8) is 0 Å². The Labute approximate surface area is 173 Å². The predicted molar refractivity (Wildman–Crippen MR) is 120 cm³/mol. The van der Waals surface area contributed by atoms with Gasteiger partial charge in [0.25, 0.3) is 0 Å². The lowest BCUT2D eigenvalue weighted by atomic mass is 10.2. The van der Waals surface area contributed by atoms with Crippen LogP contribution in [0.3, 0.4) is 0 Å². The Morgan fingerprint density at radius 2 is 1.86 bits per heavy atom. The summed E-state index contributed by atoms with van der Waals surface area (Å²) in [5, 5.41) is 10.4. The summed E-state index contributed by atoms with van der Waals surface area (Å²) in [5.74, 6) is 0. The zero-order valence-corrected chi connectivity index (χ0v) is 18.7. The molecule has 0 heterocycles. The highest BCUT2D eigenvalue weighted by molar-refractivity contribution is 8.04. The lowest BCUT2D eigenvalue weighted by Crippen LogP contribution is -2.35. The summed E-state index contributed by atoms with van der Waals surface area (Å²) in [5.41, 5.74) is 4.65. The second-order valence-corrected chi connectivity index (χ2v) is 8.22. The number of hydrogen-bond donors (Lipinski definition) is 3. The van der Waals surface area contributed by atoms with E-state index in [0.29, 0.717) is 13.1 Å². The van der Waals surface area contributed by atoms with Gasteiger partial charge in [-0.3, -0.25) is 0 Å². The van der Waals surface area contributed by atoms with Crippen LogP contribution in [0.15, 0.2) is 45.2 Å². The minimum Gasteiger partial charge on any atom is -0.444 e. The maximum atomic E-state index is 11.6. The second-order valence-electron chi connectivity index (χ2n) is 7.10. The largest absolute Gasteiger partial charge is 0.444 e. The van der Waals surface area contributed by atoms with Crippen molar-refractivity contribution in [2.75, 3.05) is 25.5 Å². The van der Waals surface area contributed by atoms with E-state index in [1.54, 1.807) is 11.8 Å². The molecule has 0 aromatic heterocycles. The number of allylic oxidation sites excluding steroid dienone is 2. The van der Waals surface area contributed by atoms with E-state index in [-0.39, 0.29) is 0 Å². The number of carbonyl (C=O) groups is 1. The van der Waals surface area contributed by atoms with Crippen molar-refractivity contribution in [2.45, 2.75) is 58.0 Å². The highest BCUT2D eigenvalue weighted by Crippen LogP contribution is 2.29. The number of benzene rings is 1. The van der Waals surface area contributed by atoms with Gasteiger partial charge in [-0.15, -0.1) is 0 Å². The number of hydrazone groups is 1. The van der Waals surface area contributed by atoms with Gasteiger partial charge in [-0.1, -0.05) is 31.7 Å². The van der Waals surface area contributed by atoms with Gasteiger partial charge >= 0.3 is 6.09 Å². The van der Waals surface area contributed by atoms with Gasteiger partial charge in [0.05, 0.1) is 12.3 Å². The fourth-order valence-corrected chi connectivity index (χ4v) is 3.30. The van der Waals surface area contributed by atoms with E-state index in [1.807, 2.05) is 27.8 Å². The maximum absolute atomic E-state index is 11.6. The zero-order valence-electron chi connectivity index (χ0n) is 17.9. The van der Waals surface area contributed by atoms with Crippen LogP contribution in [0.2, 0.25) is 0 Å². The van der Waals surface area contributed by atoms with Gasteiger partial charge in [-0.25, -0.2) is 4.79 Å². The average Bonchev–Trinajstić information content (AvgIpc) is 2.63. The third-order valence-electron chi connectivity index (χ3n) is 3.50. The van der Waals surface area contributed by atoms with Gasteiger partial charge in [0.2, 0.25) is 0 Å². The minimum atomic E-state index is -0.493. The number of thioether (sulfide) groups is 1. The molecular weight excluding hydrogens is 372 g/mol. The lowest BCUT2D eigenvalue weighted by Gasteiger charge is -2.19. The third-order valence-corrected chi connectivity index (χ3v) is 4.63. The molecule has 0 atom stereocenters. The first-order valence-electron chi connectivity index (χ1n) is 9.71. The van der Waals surface area contributed by atoms with Crippen LogP contribution in [0.25, 0.3) is 0 Å². The molecule has 1 amide bonds. The summed E-state index contributed by atoms with van der Waals surface area (Å²) in [6.07, 6.45) is 3.54. The Morgan fingerprint density at radius 3 is 2.39 bits per heavy atom. The molecule has 0 aliphatic heterocycles. The first-order valence-corrected chi connectivity index (χ1v) is 10.5. The van der Waals surface area contributed by atoms with E-state index in [2.05, 4.69) is 65.3 Å². The normalized spacial score (nSPS) is 12.5. The topological polar surface area (TPSA) is 74.8 Å². The molecule has 0 aliphatic carbocycles. The number of nitrogens with one attached hydrogen (secondary N) is 3. The van der Waals surface area contributed by atoms with E-state index in [0.717, 1.165) is 29.1 Å². The van der Waals surface area contributed by atoms with Crippen molar-refractivity contribution >= 4 is 29.3 Å². The third kappa shape index (κ3) is 9.69. The summed E-state index contributed by atoms with van der Waals surface area (Å²) in [4.78, 5) is 14.0. The predicted octanol–water partition coefficient (Wildman–Crippen LogP) is 4.99. The quantitative estimate of drug-likeness (QED) is 0.221. The number of amides is 1. The molecule has 0 bridgehead atoms. The van der Waals surface area contributed by atoms with Crippen LogP contribution in [0.4, 0.5) is 10.5 Å². The van der Waals surface area contributed by atoms with Crippen LogP contribution in [0.5, 0.6) is 0 Å². The van der Waals surface area contributed by atoms with Crippen molar-refractivity contribution in [3.8, 4) is 0 Å².